The van der Waals surface area contributed by atoms with Crippen molar-refractivity contribution in [2.75, 3.05) is 53.9 Å². The molecule has 0 bridgehead atoms. The fraction of sp³-hybridized carbons (Fsp3) is 0.702. The number of Topliss-reactive ketones (excluding diaryl/α,β-unsaturated/α-hetero) is 1. The molecular formula is C47H76N6O8S. The Morgan fingerprint density at radius 1 is 1.00 bits per heavy atom. The third kappa shape index (κ3) is 16.0. The van der Waals surface area contributed by atoms with E-state index in [4.69, 9.17) is 14.5 Å². The van der Waals surface area contributed by atoms with E-state index in [0.717, 1.165) is 50.6 Å². The molecule has 1 aliphatic heterocycles. The van der Waals surface area contributed by atoms with E-state index in [9.17, 15) is 29.1 Å². The van der Waals surface area contributed by atoms with Crippen molar-refractivity contribution in [1.29, 1.82) is 0 Å². The molecule has 15 heteroatoms. The van der Waals surface area contributed by atoms with Crippen molar-refractivity contribution in [2.24, 2.45) is 23.7 Å². The molecule has 7 atom stereocenters. The van der Waals surface area contributed by atoms with Gasteiger partial charge in [0.2, 0.25) is 5.91 Å². The number of ketones is 1. The third-order valence-corrected chi connectivity index (χ3v) is 13.1. The van der Waals surface area contributed by atoms with E-state index in [1.807, 2.05) is 25.9 Å². The van der Waals surface area contributed by atoms with Gasteiger partial charge < -0.3 is 35.0 Å². The number of carboxylic acid groups (broad SMARTS) is 1. The molecule has 0 aliphatic carbocycles. The zero-order valence-electron chi connectivity index (χ0n) is 39.1. The van der Waals surface area contributed by atoms with Crippen LogP contribution in [0.2, 0.25) is 0 Å². The van der Waals surface area contributed by atoms with Crippen molar-refractivity contribution < 1.29 is 38.6 Å². The standard InChI is InChI=1S/C47H76N6O8S/c1-11-22-53(45(56)37(32(6)13-3)28-41(54)39-16-14-15-23-51(39)9)40(31(4)5)29-42(60-25-12-2)44-50-38(30-62-44)43(55)49-35(26-33(7)46(57)58)27-34-17-19-36(20-18-34)61-47(59)52(10)24-21-48-8/h17-20,30-33,35,37,39-40,42,48H,11-16,21-29H2,1-10H3,(H,49,55)(H,57,58)/t32-,33-,35+,37-,39+,40+,42+/m0/s1. The predicted molar refractivity (Wildman–Crippen MR) is 245 cm³/mol. The average molecular weight is 885 g/mol. The van der Waals surface area contributed by atoms with Gasteiger partial charge in [0.15, 0.2) is 5.78 Å². The van der Waals surface area contributed by atoms with Crippen molar-refractivity contribution in [3.63, 3.8) is 0 Å². The Morgan fingerprint density at radius 2 is 1.71 bits per heavy atom. The van der Waals surface area contributed by atoms with Crippen LogP contribution in [0.25, 0.3) is 0 Å². The van der Waals surface area contributed by atoms with Crippen LogP contribution in [-0.4, -0.2) is 127 Å². The molecule has 3 amide bonds. The summed E-state index contributed by atoms with van der Waals surface area (Å²) in [5.41, 5.74) is 1.04. The van der Waals surface area contributed by atoms with Crippen LogP contribution in [0.5, 0.6) is 5.75 Å². The molecule has 0 saturated carbocycles. The van der Waals surface area contributed by atoms with Gasteiger partial charge in [-0.1, -0.05) is 73.4 Å². The molecule has 1 saturated heterocycles. The highest BCUT2D eigenvalue weighted by atomic mass is 32.1. The monoisotopic (exact) mass is 885 g/mol. The highest BCUT2D eigenvalue weighted by Crippen LogP contribution is 2.34. The van der Waals surface area contributed by atoms with E-state index in [2.05, 4.69) is 50.2 Å². The molecular weight excluding hydrogens is 809 g/mol. The number of piperidine rings is 1. The molecule has 0 radical (unpaired) electrons. The maximum Gasteiger partial charge on any atom is 0.415 e. The number of benzene rings is 1. The maximum absolute atomic E-state index is 14.8. The molecule has 348 valence electrons. The van der Waals surface area contributed by atoms with Gasteiger partial charge in [-0.15, -0.1) is 11.3 Å². The van der Waals surface area contributed by atoms with E-state index >= 15 is 0 Å². The number of likely N-dealkylation sites (N-methyl/N-ethyl adjacent to an activating group) is 3. The number of nitrogens with zero attached hydrogens (tertiary/aromatic N) is 4. The summed E-state index contributed by atoms with van der Waals surface area (Å²) in [6.45, 7) is 17.1. The number of aromatic nitrogens is 1. The van der Waals surface area contributed by atoms with Crippen LogP contribution in [0.15, 0.2) is 29.6 Å². The number of likely N-dealkylation sites (tertiary alicyclic amines) is 1. The van der Waals surface area contributed by atoms with Crippen molar-refractivity contribution in [3.05, 3.63) is 45.9 Å². The Morgan fingerprint density at radius 3 is 2.31 bits per heavy atom. The highest BCUT2D eigenvalue weighted by Gasteiger charge is 2.38. The summed E-state index contributed by atoms with van der Waals surface area (Å²) in [7, 11) is 5.48. The highest BCUT2D eigenvalue weighted by molar-refractivity contribution is 7.09. The largest absolute Gasteiger partial charge is 0.481 e. The van der Waals surface area contributed by atoms with Gasteiger partial charge in [0.1, 0.15) is 22.6 Å². The molecule has 2 aromatic rings. The fourth-order valence-electron chi connectivity index (χ4n) is 8.07. The van der Waals surface area contributed by atoms with E-state index in [0.29, 0.717) is 49.8 Å². The molecule has 1 fully saturated rings. The first-order valence-electron chi connectivity index (χ1n) is 22.8. The third-order valence-electron chi connectivity index (χ3n) is 12.2. The van der Waals surface area contributed by atoms with E-state index in [-0.39, 0.29) is 54.1 Å². The first kappa shape index (κ1) is 52.4. The second-order valence-electron chi connectivity index (χ2n) is 17.6. The summed E-state index contributed by atoms with van der Waals surface area (Å²) in [5, 5.41) is 18.1. The first-order valence-corrected chi connectivity index (χ1v) is 23.7. The second kappa shape index (κ2) is 26.6. The van der Waals surface area contributed by atoms with E-state index in [1.54, 1.807) is 43.6 Å². The van der Waals surface area contributed by atoms with Crippen molar-refractivity contribution in [3.8, 4) is 5.75 Å². The number of thiazole rings is 1. The molecule has 14 nitrogen and oxygen atoms in total. The lowest BCUT2D eigenvalue weighted by Gasteiger charge is -2.40. The molecule has 1 aromatic heterocycles. The van der Waals surface area contributed by atoms with Gasteiger partial charge in [-0.05, 0) is 88.7 Å². The molecule has 3 N–H and O–H groups in total. The minimum atomic E-state index is -0.963. The number of carbonyl (C=O) groups excluding carboxylic acids is 4. The summed E-state index contributed by atoms with van der Waals surface area (Å²) >= 11 is 1.33. The van der Waals surface area contributed by atoms with Gasteiger partial charge in [0.25, 0.3) is 5.91 Å². The lowest BCUT2D eigenvalue weighted by molar-refractivity contribution is -0.145. The molecule has 1 aliphatic rings. The predicted octanol–water partition coefficient (Wildman–Crippen LogP) is 7.47. The van der Waals surface area contributed by atoms with Crippen LogP contribution in [0.3, 0.4) is 0 Å². The van der Waals surface area contributed by atoms with Crippen LogP contribution in [-0.2, 0) is 25.5 Å². The lowest BCUT2D eigenvalue weighted by atomic mass is 9.82. The topological polar surface area (TPSA) is 171 Å². The first-order chi connectivity index (χ1) is 29.5. The van der Waals surface area contributed by atoms with Gasteiger partial charge in [-0.25, -0.2) is 9.78 Å². The fourth-order valence-corrected chi connectivity index (χ4v) is 8.93. The zero-order valence-corrected chi connectivity index (χ0v) is 39.9. The minimum Gasteiger partial charge on any atom is -0.481 e. The van der Waals surface area contributed by atoms with E-state index in [1.165, 1.54) is 16.2 Å². The Labute approximate surface area is 374 Å². The second-order valence-corrected chi connectivity index (χ2v) is 18.4. The van der Waals surface area contributed by atoms with Crippen LogP contribution in [0, 0.1) is 23.7 Å². The van der Waals surface area contributed by atoms with Crippen LogP contribution < -0.4 is 15.4 Å². The van der Waals surface area contributed by atoms with Gasteiger partial charge >= 0.3 is 12.1 Å². The number of rotatable bonds is 27. The number of nitrogens with one attached hydrogen (secondary N) is 2. The minimum absolute atomic E-state index is 0.0187. The SMILES string of the molecule is CCCO[C@H](C[C@H](C(C)C)N(CCC)C(=O)[C@@H](CC(=O)[C@H]1CCCCN1C)[C@@H](C)CC)c1nc(C(=O)N[C@@H](Cc2ccc(OC(=O)N(C)CCNC)cc2)C[C@H](C)C(=O)O)cs1. The maximum atomic E-state index is 14.8. The van der Waals surface area contributed by atoms with Gasteiger partial charge in [-0.3, -0.25) is 24.1 Å². The summed E-state index contributed by atoms with van der Waals surface area (Å²) in [6, 6.07) is 6.08. The van der Waals surface area contributed by atoms with Crippen molar-refractivity contribution in [1.82, 2.24) is 30.3 Å². The van der Waals surface area contributed by atoms with Gasteiger partial charge in [0, 0.05) is 69.5 Å². The Balaban J connectivity index is 1.83. The molecule has 3 rings (SSSR count). The molecule has 1 aromatic carbocycles. The zero-order chi connectivity index (χ0) is 45.9. The van der Waals surface area contributed by atoms with Gasteiger partial charge in [-0.2, -0.15) is 0 Å². The number of hydrogen-bond donors (Lipinski definition) is 3. The molecule has 2 heterocycles. The lowest BCUT2D eigenvalue weighted by Crippen LogP contribution is -2.50. The number of ether oxygens (including phenoxy) is 2. The molecule has 62 heavy (non-hydrogen) atoms. The van der Waals surface area contributed by atoms with Crippen LogP contribution in [0.1, 0.15) is 133 Å². The Bertz CT molecular complexity index is 1700. The van der Waals surface area contributed by atoms with Crippen molar-refractivity contribution >= 4 is 41.0 Å². The summed E-state index contributed by atoms with van der Waals surface area (Å²) in [5.74, 6) is -1.88. The molecule has 0 spiro atoms. The number of aliphatic carboxylic acids is 1. The Kier molecular flexibility index (Phi) is 22.5. The van der Waals surface area contributed by atoms with Gasteiger partial charge in [0.05, 0.1) is 12.0 Å². The van der Waals surface area contributed by atoms with Crippen LogP contribution in [0.4, 0.5) is 4.79 Å². The molecule has 0 unspecified atom stereocenters. The Hall–Kier alpha value is -3.92. The van der Waals surface area contributed by atoms with E-state index < -0.39 is 42.0 Å². The van der Waals surface area contributed by atoms with Crippen molar-refractivity contribution in [2.45, 2.75) is 137 Å². The summed E-state index contributed by atoms with van der Waals surface area (Å²) in [6.07, 6.45) is 5.53. The number of hydrogen-bond acceptors (Lipinski definition) is 11. The smallest absolute Gasteiger partial charge is 0.415 e. The summed E-state index contributed by atoms with van der Waals surface area (Å²) in [4.78, 5) is 77.2. The number of amides is 3. The quantitative estimate of drug-likeness (QED) is 0.0814. The number of carbonyl (C=O) groups is 5. The average Bonchev–Trinajstić information content (AvgIpc) is 3.75. The summed E-state index contributed by atoms with van der Waals surface area (Å²) < 4.78 is 12.0. The van der Waals surface area contributed by atoms with Crippen LogP contribution >= 0.6 is 11.3 Å². The normalized spacial score (nSPS) is 17.4. The number of carboxylic acids is 1.